The fraction of sp³-hybridized carbons (Fsp3) is 0.545. The molecular weight excluding hydrogens is 244 g/mol. The van der Waals surface area contributed by atoms with Crippen molar-refractivity contribution < 1.29 is 9.53 Å². The van der Waals surface area contributed by atoms with Gasteiger partial charge in [0.2, 0.25) is 0 Å². The van der Waals surface area contributed by atoms with E-state index in [0.717, 1.165) is 18.2 Å². The van der Waals surface area contributed by atoms with Crippen LogP contribution < -0.4 is 0 Å². The fourth-order valence-electron chi connectivity index (χ4n) is 0.994. The Labute approximate surface area is 94.2 Å². The van der Waals surface area contributed by atoms with Crippen LogP contribution in [0.15, 0.2) is 23.3 Å². The van der Waals surface area contributed by atoms with Crippen molar-refractivity contribution in [2.24, 2.45) is 0 Å². The third-order valence-corrected chi connectivity index (χ3v) is 2.25. The Kier molecular flexibility index (Phi) is 7.48. The van der Waals surface area contributed by atoms with E-state index in [2.05, 4.69) is 33.7 Å². The summed E-state index contributed by atoms with van der Waals surface area (Å²) in [6.45, 7) is 3.86. The lowest BCUT2D eigenvalue weighted by molar-refractivity contribution is -0.136. The molecule has 0 unspecified atom stereocenters. The van der Waals surface area contributed by atoms with Crippen LogP contribution in [0.25, 0.3) is 0 Å². The molecule has 0 saturated heterocycles. The van der Waals surface area contributed by atoms with Crippen LogP contribution in [0.2, 0.25) is 0 Å². The van der Waals surface area contributed by atoms with Gasteiger partial charge in [-0.05, 0) is 26.7 Å². The first-order chi connectivity index (χ1) is 6.61. The van der Waals surface area contributed by atoms with Gasteiger partial charge in [-0.25, -0.2) is 4.79 Å². The second kappa shape index (κ2) is 7.80. The van der Waals surface area contributed by atoms with Crippen LogP contribution in [-0.4, -0.2) is 18.4 Å². The molecule has 0 amide bonds. The summed E-state index contributed by atoms with van der Waals surface area (Å²) < 4.78 is 4.59. The topological polar surface area (TPSA) is 26.3 Å². The summed E-state index contributed by atoms with van der Waals surface area (Å²) in [5, 5.41) is 0.887. The van der Waals surface area contributed by atoms with Gasteiger partial charge < -0.3 is 4.74 Å². The number of ether oxygens (including phenoxy) is 1. The lowest BCUT2D eigenvalue weighted by atomic mass is 10.1. The van der Waals surface area contributed by atoms with Gasteiger partial charge in [0, 0.05) is 10.9 Å². The Morgan fingerprint density at radius 2 is 2.00 bits per heavy atom. The fourth-order valence-corrected chi connectivity index (χ4v) is 1.55. The molecule has 0 aliphatic heterocycles. The molecule has 0 heterocycles. The Morgan fingerprint density at radius 1 is 1.36 bits per heavy atom. The highest BCUT2D eigenvalue weighted by Gasteiger charge is 2.01. The minimum Gasteiger partial charge on any atom is -0.466 e. The molecule has 0 N–H and O–H groups in total. The lowest BCUT2D eigenvalue weighted by Crippen LogP contribution is -2.01. The third-order valence-electron chi connectivity index (χ3n) is 1.92. The highest BCUT2D eigenvalue weighted by molar-refractivity contribution is 9.09. The molecule has 0 aliphatic carbocycles. The standard InChI is InChI=1S/C11H17BrO2/c1-9(7-8-12)5-4-6-10(2)11(13)14-3/h6-7H,4-5,8H2,1-3H3/b9-7-,10-6+. The van der Waals surface area contributed by atoms with Crippen LogP contribution in [0.4, 0.5) is 0 Å². The van der Waals surface area contributed by atoms with Gasteiger partial charge >= 0.3 is 5.97 Å². The van der Waals surface area contributed by atoms with Crippen LogP contribution in [0.3, 0.4) is 0 Å². The van der Waals surface area contributed by atoms with Gasteiger partial charge in [-0.1, -0.05) is 33.7 Å². The van der Waals surface area contributed by atoms with Crippen LogP contribution in [0.5, 0.6) is 0 Å². The molecule has 0 rings (SSSR count). The summed E-state index contributed by atoms with van der Waals surface area (Å²) >= 11 is 3.34. The second-order valence-electron chi connectivity index (χ2n) is 3.12. The van der Waals surface area contributed by atoms with Crippen molar-refractivity contribution in [3.05, 3.63) is 23.3 Å². The van der Waals surface area contributed by atoms with Crippen molar-refractivity contribution in [3.8, 4) is 0 Å². The number of allylic oxidation sites excluding steroid dienone is 3. The maximum Gasteiger partial charge on any atom is 0.333 e. The van der Waals surface area contributed by atoms with E-state index in [0.29, 0.717) is 5.57 Å². The predicted octanol–water partition coefficient (Wildman–Crippen LogP) is 3.23. The maximum absolute atomic E-state index is 11.0. The summed E-state index contributed by atoms with van der Waals surface area (Å²) in [5.74, 6) is -0.243. The Hall–Kier alpha value is -0.570. The summed E-state index contributed by atoms with van der Waals surface area (Å²) in [6.07, 6.45) is 5.91. The van der Waals surface area contributed by atoms with Crippen LogP contribution >= 0.6 is 15.9 Å². The summed E-state index contributed by atoms with van der Waals surface area (Å²) in [7, 11) is 1.40. The Bertz CT molecular complexity index is 242. The smallest absolute Gasteiger partial charge is 0.333 e. The Morgan fingerprint density at radius 3 is 2.50 bits per heavy atom. The van der Waals surface area contributed by atoms with Crippen molar-refractivity contribution in [3.63, 3.8) is 0 Å². The van der Waals surface area contributed by atoms with E-state index in [1.165, 1.54) is 12.7 Å². The zero-order valence-corrected chi connectivity index (χ0v) is 10.6. The van der Waals surface area contributed by atoms with Crippen LogP contribution in [0, 0.1) is 0 Å². The SMILES string of the molecule is COC(=O)/C(C)=C/CC/C(C)=C\CBr. The molecule has 0 aromatic heterocycles. The Balaban J connectivity index is 3.93. The van der Waals surface area contributed by atoms with Crippen molar-refractivity contribution in [1.82, 2.24) is 0 Å². The molecule has 0 atom stereocenters. The molecule has 0 bridgehead atoms. The first kappa shape index (κ1) is 13.4. The molecule has 0 radical (unpaired) electrons. The number of methoxy groups -OCH3 is 1. The summed E-state index contributed by atoms with van der Waals surface area (Å²) in [5.41, 5.74) is 2.01. The average molecular weight is 261 g/mol. The van der Waals surface area contributed by atoms with Gasteiger partial charge in [0.05, 0.1) is 7.11 Å². The molecular formula is C11H17BrO2. The van der Waals surface area contributed by atoms with Gasteiger partial charge in [-0.15, -0.1) is 0 Å². The van der Waals surface area contributed by atoms with E-state index in [1.54, 1.807) is 6.92 Å². The predicted molar refractivity (Wildman–Crippen MR) is 62.6 cm³/mol. The van der Waals surface area contributed by atoms with Crippen LogP contribution in [0.1, 0.15) is 26.7 Å². The van der Waals surface area contributed by atoms with Gasteiger partial charge in [-0.2, -0.15) is 0 Å². The largest absolute Gasteiger partial charge is 0.466 e. The maximum atomic E-state index is 11.0. The van der Waals surface area contributed by atoms with E-state index < -0.39 is 0 Å². The molecule has 0 spiro atoms. The molecule has 2 nitrogen and oxygen atoms in total. The molecule has 80 valence electrons. The van der Waals surface area contributed by atoms with Crippen molar-refractivity contribution in [1.29, 1.82) is 0 Å². The monoisotopic (exact) mass is 260 g/mol. The zero-order chi connectivity index (χ0) is 11.0. The quantitative estimate of drug-likeness (QED) is 0.329. The van der Waals surface area contributed by atoms with E-state index in [1.807, 2.05) is 6.08 Å². The van der Waals surface area contributed by atoms with E-state index in [4.69, 9.17) is 0 Å². The van der Waals surface area contributed by atoms with Gasteiger partial charge in [0.25, 0.3) is 0 Å². The van der Waals surface area contributed by atoms with Crippen molar-refractivity contribution in [2.75, 3.05) is 12.4 Å². The normalized spacial score (nSPS) is 12.9. The zero-order valence-electron chi connectivity index (χ0n) is 8.97. The number of rotatable bonds is 5. The van der Waals surface area contributed by atoms with Crippen LogP contribution in [-0.2, 0) is 9.53 Å². The second-order valence-corrected chi connectivity index (χ2v) is 3.77. The molecule has 3 heteroatoms. The van der Waals surface area contributed by atoms with E-state index >= 15 is 0 Å². The van der Waals surface area contributed by atoms with E-state index in [-0.39, 0.29) is 5.97 Å². The molecule has 14 heavy (non-hydrogen) atoms. The number of carbonyl (C=O) groups is 1. The first-order valence-corrected chi connectivity index (χ1v) is 5.70. The van der Waals surface area contributed by atoms with Crippen molar-refractivity contribution in [2.45, 2.75) is 26.7 Å². The van der Waals surface area contributed by atoms with Crippen molar-refractivity contribution >= 4 is 21.9 Å². The number of hydrogen-bond donors (Lipinski definition) is 0. The van der Waals surface area contributed by atoms with Gasteiger partial charge in [0.1, 0.15) is 0 Å². The van der Waals surface area contributed by atoms with E-state index in [9.17, 15) is 4.79 Å². The van der Waals surface area contributed by atoms with Gasteiger partial charge in [0.15, 0.2) is 0 Å². The number of hydrogen-bond acceptors (Lipinski definition) is 2. The summed E-state index contributed by atoms with van der Waals surface area (Å²) in [6, 6.07) is 0. The minimum atomic E-state index is -0.243. The average Bonchev–Trinajstić information content (AvgIpc) is 2.16. The highest BCUT2D eigenvalue weighted by atomic mass is 79.9. The first-order valence-electron chi connectivity index (χ1n) is 4.58. The third kappa shape index (κ3) is 5.97. The number of halogens is 1. The molecule has 0 aromatic rings. The molecule has 0 saturated carbocycles. The lowest BCUT2D eigenvalue weighted by Gasteiger charge is -1.99. The number of esters is 1. The van der Waals surface area contributed by atoms with Gasteiger partial charge in [-0.3, -0.25) is 0 Å². The summed E-state index contributed by atoms with van der Waals surface area (Å²) in [4.78, 5) is 11.0. The molecule has 0 fully saturated rings. The number of alkyl halides is 1. The minimum absolute atomic E-state index is 0.243. The molecule has 0 aliphatic rings. The highest BCUT2D eigenvalue weighted by Crippen LogP contribution is 2.07. The molecule has 0 aromatic carbocycles. The number of carbonyl (C=O) groups excluding carboxylic acids is 1.